The standard InChI is InChI=1S/C22H25ClN2O4/c1-13-3-10-20(29-2)19(11-13)25-22(28)24-18-9-8-16(12-17(18)23)14-4-6-15(7-5-14)21(26)27/h3,8-12,14-15H,4-7H2,1-2H3,(H,26,27)(H2,24,25,28)/t14-,15-. The van der Waals surface area contributed by atoms with Gasteiger partial charge in [-0.3, -0.25) is 4.79 Å². The summed E-state index contributed by atoms with van der Waals surface area (Å²) in [6, 6.07) is 10.7. The Morgan fingerprint density at radius 2 is 1.72 bits per heavy atom. The van der Waals surface area contributed by atoms with E-state index in [0.717, 1.165) is 24.0 Å². The number of hydrogen-bond donors (Lipinski definition) is 3. The van der Waals surface area contributed by atoms with E-state index in [1.165, 1.54) is 0 Å². The number of carbonyl (C=O) groups is 2. The van der Waals surface area contributed by atoms with Gasteiger partial charge in [-0.2, -0.15) is 0 Å². The summed E-state index contributed by atoms with van der Waals surface area (Å²) in [5, 5.41) is 15.1. The Morgan fingerprint density at radius 3 is 2.34 bits per heavy atom. The fourth-order valence-corrected chi connectivity index (χ4v) is 3.99. The number of aliphatic carboxylic acids is 1. The Morgan fingerprint density at radius 1 is 1.03 bits per heavy atom. The van der Waals surface area contributed by atoms with Crippen molar-refractivity contribution in [1.82, 2.24) is 0 Å². The smallest absolute Gasteiger partial charge is 0.323 e. The van der Waals surface area contributed by atoms with Gasteiger partial charge in [0.2, 0.25) is 0 Å². The van der Waals surface area contributed by atoms with Crippen LogP contribution >= 0.6 is 11.6 Å². The van der Waals surface area contributed by atoms with Crippen LogP contribution in [0.5, 0.6) is 5.75 Å². The van der Waals surface area contributed by atoms with Crippen molar-refractivity contribution in [3.63, 3.8) is 0 Å². The van der Waals surface area contributed by atoms with Crippen molar-refractivity contribution in [2.45, 2.75) is 38.5 Å². The molecule has 0 heterocycles. The molecule has 0 unspecified atom stereocenters. The van der Waals surface area contributed by atoms with E-state index in [0.29, 0.717) is 40.9 Å². The monoisotopic (exact) mass is 416 g/mol. The predicted octanol–water partition coefficient (Wildman–Crippen LogP) is 5.66. The van der Waals surface area contributed by atoms with Crippen LogP contribution in [-0.2, 0) is 4.79 Å². The van der Waals surface area contributed by atoms with Gasteiger partial charge < -0.3 is 20.5 Å². The molecule has 6 nitrogen and oxygen atoms in total. The minimum absolute atomic E-state index is 0.245. The number of benzene rings is 2. The number of aryl methyl sites for hydroxylation is 1. The molecular formula is C22H25ClN2O4. The van der Waals surface area contributed by atoms with Crippen LogP contribution < -0.4 is 15.4 Å². The predicted molar refractivity (Wildman–Crippen MR) is 114 cm³/mol. The summed E-state index contributed by atoms with van der Waals surface area (Å²) in [6.45, 7) is 1.93. The molecule has 0 aliphatic heterocycles. The lowest BCUT2D eigenvalue weighted by Gasteiger charge is -2.26. The van der Waals surface area contributed by atoms with Crippen LogP contribution in [0.4, 0.5) is 16.2 Å². The molecule has 0 radical (unpaired) electrons. The summed E-state index contributed by atoms with van der Waals surface area (Å²) in [6.07, 6.45) is 3.01. The van der Waals surface area contributed by atoms with Crippen LogP contribution in [0.25, 0.3) is 0 Å². The van der Waals surface area contributed by atoms with Crippen LogP contribution in [0.3, 0.4) is 0 Å². The number of nitrogens with one attached hydrogen (secondary N) is 2. The molecule has 0 atom stereocenters. The largest absolute Gasteiger partial charge is 0.495 e. The lowest BCUT2D eigenvalue weighted by Crippen LogP contribution is -2.21. The maximum absolute atomic E-state index is 12.4. The summed E-state index contributed by atoms with van der Waals surface area (Å²) in [5.41, 5.74) is 3.16. The van der Waals surface area contributed by atoms with Crippen molar-refractivity contribution in [1.29, 1.82) is 0 Å². The number of hydrogen-bond acceptors (Lipinski definition) is 3. The summed E-state index contributed by atoms with van der Waals surface area (Å²) in [4.78, 5) is 23.5. The van der Waals surface area contributed by atoms with Crippen LogP contribution in [0.15, 0.2) is 36.4 Å². The van der Waals surface area contributed by atoms with E-state index in [1.54, 1.807) is 19.2 Å². The topological polar surface area (TPSA) is 87.7 Å². The van der Waals surface area contributed by atoms with E-state index in [-0.39, 0.29) is 5.92 Å². The van der Waals surface area contributed by atoms with Gasteiger partial charge in [-0.1, -0.05) is 23.7 Å². The number of halogens is 1. The zero-order chi connectivity index (χ0) is 21.0. The van der Waals surface area contributed by atoms with Crippen LogP contribution in [0.1, 0.15) is 42.7 Å². The molecule has 1 aliphatic rings. The third kappa shape index (κ3) is 5.21. The summed E-state index contributed by atoms with van der Waals surface area (Å²) < 4.78 is 5.28. The molecular weight excluding hydrogens is 392 g/mol. The Kier molecular flexibility index (Phi) is 6.64. The zero-order valence-corrected chi connectivity index (χ0v) is 17.3. The van der Waals surface area contributed by atoms with Crippen molar-refractivity contribution in [3.8, 4) is 5.75 Å². The zero-order valence-electron chi connectivity index (χ0n) is 16.5. The lowest BCUT2D eigenvalue weighted by molar-refractivity contribution is -0.142. The highest BCUT2D eigenvalue weighted by Gasteiger charge is 2.27. The molecule has 0 aromatic heterocycles. The molecule has 2 aromatic carbocycles. The number of ether oxygens (including phenoxy) is 1. The molecule has 0 saturated heterocycles. The molecule has 0 spiro atoms. The Labute approximate surface area is 175 Å². The van der Waals surface area contributed by atoms with Gasteiger partial charge in [0.25, 0.3) is 0 Å². The summed E-state index contributed by atoms with van der Waals surface area (Å²) >= 11 is 6.40. The van der Waals surface area contributed by atoms with Crippen LogP contribution in [0.2, 0.25) is 5.02 Å². The molecule has 2 amide bonds. The minimum Gasteiger partial charge on any atom is -0.495 e. The van der Waals surface area contributed by atoms with Crippen molar-refractivity contribution in [2.24, 2.45) is 5.92 Å². The second-order valence-electron chi connectivity index (χ2n) is 7.41. The number of anilines is 2. The highest BCUT2D eigenvalue weighted by molar-refractivity contribution is 6.33. The minimum atomic E-state index is -0.711. The molecule has 3 N–H and O–H groups in total. The first kappa shape index (κ1) is 21.0. The van der Waals surface area contributed by atoms with E-state index in [2.05, 4.69) is 10.6 Å². The molecule has 0 bridgehead atoms. The van der Waals surface area contributed by atoms with Crippen LogP contribution in [-0.4, -0.2) is 24.2 Å². The molecule has 1 aliphatic carbocycles. The maximum Gasteiger partial charge on any atom is 0.323 e. The molecule has 1 saturated carbocycles. The van der Waals surface area contributed by atoms with Gasteiger partial charge in [-0.25, -0.2) is 4.79 Å². The van der Waals surface area contributed by atoms with E-state index in [9.17, 15) is 9.59 Å². The third-order valence-corrected chi connectivity index (χ3v) is 5.71. The van der Waals surface area contributed by atoms with Gasteiger partial charge in [0.05, 0.1) is 29.4 Å². The normalized spacial score (nSPS) is 18.7. The molecule has 3 rings (SSSR count). The number of carbonyl (C=O) groups excluding carboxylic acids is 1. The van der Waals surface area contributed by atoms with Gasteiger partial charge in [0.15, 0.2) is 0 Å². The van der Waals surface area contributed by atoms with Crippen molar-refractivity contribution < 1.29 is 19.4 Å². The molecule has 29 heavy (non-hydrogen) atoms. The molecule has 7 heteroatoms. The number of carboxylic acid groups (broad SMARTS) is 1. The number of rotatable bonds is 5. The number of methoxy groups -OCH3 is 1. The van der Waals surface area contributed by atoms with Crippen molar-refractivity contribution in [3.05, 3.63) is 52.5 Å². The average Bonchev–Trinajstić information content (AvgIpc) is 2.70. The van der Waals surface area contributed by atoms with Crippen molar-refractivity contribution in [2.75, 3.05) is 17.7 Å². The number of amides is 2. The average molecular weight is 417 g/mol. The van der Waals surface area contributed by atoms with E-state index >= 15 is 0 Å². The van der Waals surface area contributed by atoms with E-state index in [1.807, 2.05) is 31.2 Å². The van der Waals surface area contributed by atoms with Gasteiger partial charge in [0, 0.05) is 0 Å². The first-order chi connectivity index (χ1) is 13.9. The molecule has 154 valence electrons. The Bertz CT molecular complexity index is 908. The Hall–Kier alpha value is -2.73. The second kappa shape index (κ2) is 9.18. The number of carboxylic acids is 1. The molecule has 1 fully saturated rings. The fourth-order valence-electron chi connectivity index (χ4n) is 3.76. The summed E-state index contributed by atoms with van der Waals surface area (Å²) in [5.74, 6) is -0.0889. The van der Waals surface area contributed by atoms with Gasteiger partial charge in [-0.15, -0.1) is 0 Å². The van der Waals surface area contributed by atoms with E-state index in [4.69, 9.17) is 21.4 Å². The highest BCUT2D eigenvalue weighted by atomic mass is 35.5. The summed E-state index contributed by atoms with van der Waals surface area (Å²) in [7, 11) is 1.55. The maximum atomic E-state index is 12.4. The first-order valence-electron chi connectivity index (χ1n) is 9.62. The van der Waals surface area contributed by atoms with Crippen molar-refractivity contribution >= 4 is 35.0 Å². The number of urea groups is 1. The van der Waals surface area contributed by atoms with Gasteiger partial charge in [0.1, 0.15) is 5.75 Å². The SMILES string of the molecule is COc1ccc(C)cc1NC(=O)Nc1ccc([C@H]2CC[C@H](C(=O)O)CC2)cc1Cl. The fraction of sp³-hybridized carbons (Fsp3) is 0.364. The highest BCUT2D eigenvalue weighted by Crippen LogP contribution is 2.38. The Balaban J connectivity index is 1.64. The molecule has 2 aromatic rings. The lowest BCUT2D eigenvalue weighted by atomic mass is 9.79. The third-order valence-electron chi connectivity index (χ3n) is 5.39. The van der Waals surface area contributed by atoms with Gasteiger partial charge in [-0.05, 0) is 73.9 Å². The second-order valence-corrected chi connectivity index (χ2v) is 7.82. The first-order valence-corrected chi connectivity index (χ1v) is 10.00. The van der Waals surface area contributed by atoms with E-state index < -0.39 is 12.0 Å². The van der Waals surface area contributed by atoms with Crippen LogP contribution in [0, 0.1) is 12.8 Å². The van der Waals surface area contributed by atoms with Gasteiger partial charge >= 0.3 is 12.0 Å². The quantitative estimate of drug-likeness (QED) is 0.586.